The molecule has 0 aliphatic carbocycles. The molecular weight excluding hydrogens is 434 g/mol. The van der Waals surface area contributed by atoms with Crippen LogP contribution in [0.4, 0.5) is 0 Å². The maximum absolute atomic E-state index is 12.4. The summed E-state index contributed by atoms with van der Waals surface area (Å²) < 4.78 is 30.1. The highest BCUT2D eigenvalue weighted by atomic mass is 16.8. The molecule has 34 heavy (non-hydrogen) atoms. The summed E-state index contributed by atoms with van der Waals surface area (Å²) in [6.07, 6.45) is 5.83. The van der Waals surface area contributed by atoms with Crippen LogP contribution >= 0.6 is 0 Å². The Balaban J connectivity index is 1.66. The second-order valence-corrected chi connectivity index (χ2v) is 9.67. The molecule has 3 rings (SSSR count). The maximum Gasteiger partial charge on any atom is 0.307 e. The molecule has 1 aromatic carbocycles. The van der Waals surface area contributed by atoms with Gasteiger partial charge in [0.1, 0.15) is 18.3 Å². The van der Waals surface area contributed by atoms with Crippen molar-refractivity contribution >= 4 is 5.97 Å². The minimum atomic E-state index is -0.739. The summed E-state index contributed by atoms with van der Waals surface area (Å²) in [5, 5.41) is 3.56. The molecule has 2 saturated heterocycles. The van der Waals surface area contributed by atoms with Gasteiger partial charge in [-0.15, -0.1) is 0 Å². The van der Waals surface area contributed by atoms with Crippen LogP contribution in [0.2, 0.25) is 0 Å². The lowest BCUT2D eigenvalue weighted by Gasteiger charge is -2.31. The monoisotopic (exact) mass is 477 g/mol. The van der Waals surface area contributed by atoms with Gasteiger partial charge in [0, 0.05) is 6.04 Å². The topological polar surface area (TPSA) is 75.3 Å². The summed E-state index contributed by atoms with van der Waals surface area (Å²) in [4.78, 5) is 12.4. The van der Waals surface area contributed by atoms with Crippen molar-refractivity contribution in [1.29, 1.82) is 0 Å². The smallest absolute Gasteiger partial charge is 0.307 e. The fourth-order valence-corrected chi connectivity index (χ4v) is 4.68. The first-order valence-electron chi connectivity index (χ1n) is 13.0. The normalized spacial score (nSPS) is 26.4. The molecule has 7 heteroatoms. The Hall–Kier alpha value is -1.51. The number of carbonyl (C=O) groups excluding carboxylic acids is 1. The quantitative estimate of drug-likeness (QED) is 0.289. The minimum absolute atomic E-state index is 0.211. The highest BCUT2D eigenvalue weighted by Crippen LogP contribution is 2.40. The SMILES string of the molecule is CCCCCCCCN[C@@H](CC(=O)OCC)[C@H]1O[C@@H]2OC(C)(C)O[C@@H]2[C@H]1OCc1ccccc1. The molecule has 7 nitrogen and oxygen atoms in total. The van der Waals surface area contributed by atoms with Crippen molar-refractivity contribution in [1.82, 2.24) is 5.32 Å². The van der Waals surface area contributed by atoms with Crippen LogP contribution in [-0.2, 0) is 35.1 Å². The minimum Gasteiger partial charge on any atom is -0.466 e. The molecule has 1 aromatic rings. The third-order valence-corrected chi connectivity index (χ3v) is 6.34. The van der Waals surface area contributed by atoms with Gasteiger partial charge in [0.2, 0.25) is 0 Å². The van der Waals surface area contributed by atoms with Crippen LogP contribution in [0.15, 0.2) is 30.3 Å². The lowest BCUT2D eigenvalue weighted by molar-refractivity contribution is -0.223. The first-order valence-corrected chi connectivity index (χ1v) is 13.0. The molecule has 0 radical (unpaired) electrons. The van der Waals surface area contributed by atoms with Crippen molar-refractivity contribution in [2.24, 2.45) is 0 Å². The van der Waals surface area contributed by atoms with Gasteiger partial charge < -0.3 is 29.0 Å². The Labute approximate surface area is 204 Å². The van der Waals surface area contributed by atoms with Crippen LogP contribution < -0.4 is 5.32 Å². The molecule has 0 aromatic heterocycles. The molecular formula is C27H43NO6. The number of ether oxygens (including phenoxy) is 5. The first kappa shape index (κ1) is 27.1. The van der Waals surface area contributed by atoms with E-state index in [0.29, 0.717) is 13.2 Å². The van der Waals surface area contributed by atoms with Crippen molar-refractivity contribution in [3.63, 3.8) is 0 Å². The Bertz CT molecular complexity index is 727. The van der Waals surface area contributed by atoms with E-state index in [2.05, 4.69) is 12.2 Å². The van der Waals surface area contributed by atoms with E-state index in [9.17, 15) is 4.79 Å². The predicted molar refractivity (Wildman–Crippen MR) is 130 cm³/mol. The van der Waals surface area contributed by atoms with Gasteiger partial charge in [0.25, 0.3) is 0 Å². The van der Waals surface area contributed by atoms with E-state index < -0.39 is 12.1 Å². The molecule has 0 saturated carbocycles. The van der Waals surface area contributed by atoms with E-state index in [-0.39, 0.29) is 36.7 Å². The third kappa shape index (κ3) is 8.02. The number of hydrogen-bond donors (Lipinski definition) is 1. The molecule has 1 N–H and O–H groups in total. The Morgan fingerprint density at radius 1 is 1.06 bits per heavy atom. The molecule has 2 aliphatic heterocycles. The number of fused-ring (bicyclic) bond motifs is 1. The molecule has 0 amide bonds. The van der Waals surface area contributed by atoms with Crippen LogP contribution in [0.25, 0.3) is 0 Å². The Kier molecular flexibility index (Phi) is 10.8. The third-order valence-electron chi connectivity index (χ3n) is 6.34. The zero-order chi connectivity index (χ0) is 24.4. The molecule has 0 spiro atoms. The van der Waals surface area contributed by atoms with Gasteiger partial charge in [-0.1, -0.05) is 69.4 Å². The van der Waals surface area contributed by atoms with E-state index >= 15 is 0 Å². The number of esters is 1. The molecule has 2 aliphatic rings. The average molecular weight is 478 g/mol. The summed E-state index contributed by atoms with van der Waals surface area (Å²) in [5.41, 5.74) is 1.07. The molecule has 2 heterocycles. The summed E-state index contributed by atoms with van der Waals surface area (Å²) in [7, 11) is 0. The fraction of sp³-hybridized carbons (Fsp3) is 0.741. The lowest BCUT2D eigenvalue weighted by Crippen LogP contribution is -2.50. The van der Waals surface area contributed by atoms with Crippen molar-refractivity contribution in [2.75, 3.05) is 13.2 Å². The molecule has 2 fully saturated rings. The molecule has 0 unspecified atom stereocenters. The largest absolute Gasteiger partial charge is 0.466 e. The number of rotatable bonds is 15. The van der Waals surface area contributed by atoms with Gasteiger partial charge in [-0.25, -0.2) is 0 Å². The maximum atomic E-state index is 12.4. The summed E-state index contributed by atoms with van der Waals surface area (Å²) in [6.45, 7) is 9.40. The van der Waals surface area contributed by atoms with Crippen LogP contribution in [-0.4, -0.2) is 55.6 Å². The van der Waals surface area contributed by atoms with E-state index in [1.807, 2.05) is 51.1 Å². The number of benzene rings is 1. The summed E-state index contributed by atoms with van der Waals surface area (Å²) >= 11 is 0. The average Bonchev–Trinajstić information content (AvgIpc) is 3.28. The number of hydrogen-bond acceptors (Lipinski definition) is 7. The molecule has 192 valence electrons. The van der Waals surface area contributed by atoms with Crippen LogP contribution in [0.1, 0.15) is 78.2 Å². The number of nitrogens with one attached hydrogen (secondary N) is 1. The van der Waals surface area contributed by atoms with Crippen LogP contribution in [0.3, 0.4) is 0 Å². The van der Waals surface area contributed by atoms with E-state index in [1.165, 1.54) is 32.1 Å². The van der Waals surface area contributed by atoms with Gasteiger partial charge >= 0.3 is 5.97 Å². The highest BCUT2D eigenvalue weighted by Gasteiger charge is 2.57. The van der Waals surface area contributed by atoms with E-state index in [1.54, 1.807) is 0 Å². The van der Waals surface area contributed by atoms with Crippen molar-refractivity contribution in [2.45, 2.75) is 116 Å². The summed E-state index contributed by atoms with van der Waals surface area (Å²) in [5.74, 6) is -0.982. The van der Waals surface area contributed by atoms with E-state index in [0.717, 1.165) is 18.5 Å². The number of unbranched alkanes of at least 4 members (excludes halogenated alkanes) is 5. The van der Waals surface area contributed by atoms with Crippen LogP contribution in [0.5, 0.6) is 0 Å². The van der Waals surface area contributed by atoms with Gasteiger partial charge in [-0.2, -0.15) is 0 Å². The van der Waals surface area contributed by atoms with Crippen molar-refractivity contribution in [3.05, 3.63) is 35.9 Å². The molecule has 5 atom stereocenters. The van der Waals surface area contributed by atoms with Gasteiger partial charge in [-0.05, 0) is 39.3 Å². The van der Waals surface area contributed by atoms with Crippen LogP contribution in [0, 0.1) is 0 Å². The van der Waals surface area contributed by atoms with Gasteiger partial charge in [0.05, 0.1) is 19.6 Å². The summed E-state index contributed by atoms with van der Waals surface area (Å²) in [6, 6.07) is 9.79. The second kappa shape index (κ2) is 13.5. The Morgan fingerprint density at radius 2 is 1.79 bits per heavy atom. The van der Waals surface area contributed by atoms with Gasteiger partial charge in [0.15, 0.2) is 12.1 Å². The number of carbonyl (C=O) groups is 1. The zero-order valence-electron chi connectivity index (χ0n) is 21.3. The first-order chi connectivity index (χ1) is 16.4. The fourth-order valence-electron chi connectivity index (χ4n) is 4.68. The lowest BCUT2D eigenvalue weighted by atomic mass is 10.00. The Morgan fingerprint density at radius 3 is 2.53 bits per heavy atom. The standard InChI is InChI=1S/C27H43NO6/c1-5-7-8-9-10-14-17-28-21(18-22(29)30-6-2)23-24(31-19-20-15-12-11-13-16-20)25-26(32-23)34-27(3,4)33-25/h11-13,15-16,21,23-26,28H,5-10,14,17-19H2,1-4H3/t21-,23+,24-,25+,26+/m0/s1. The second-order valence-electron chi connectivity index (χ2n) is 9.67. The van der Waals surface area contributed by atoms with Gasteiger partial charge in [-0.3, -0.25) is 4.79 Å². The predicted octanol–water partition coefficient (Wildman–Crippen LogP) is 4.72. The molecule has 0 bridgehead atoms. The zero-order valence-corrected chi connectivity index (χ0v) is 21.3. The van der Waals surface area contributed by atoms with Crippen molar-refractivity contribution in [3.8, 4) is 0 Å². The van der Waals surface area contributed by atoms with Crippen molar-refractivity contribution < 1.29 is 28.5 Å². The van der Waals surface area contributed by atoms with E-state index in [4.69, 9.17) is 23.7 Å². The highest BCUT2D eigenvalue weighted by molar-refractivity contribution is 5.70.